The Labute approximate surface area is 117 Å². The maximum absolute atomic E-state index is 5.82. The molecule has 5 heteroatoms. The first kappa shape index (κ1) is 12.3. The van der Waals surface area contributed by atoms with Gasteiger partial charge in [-0.15, -0.1) is 0 Å². The molecule has 100 valence electrons. The van der Waals surface area contributed by atoms with Crippen LogP contribution in [0, 0.1) is 13.8 Å². The molecule has 2 heterocycles. The second-order valence-electron chi connectivity index (χ2n) is 4.71. The lowest BCUT2D eigenvalue weighted by Gasteiger charge is -2.06. The lowest BCUT2D eigenvalue weighted by molar-refractivity contribution is 0.865. The summed E-state index contributed by atoms with van der Waals surface area (Å²) < 4.78 is 1.80. The van der Waals surface area contributed by atoms with E-state index in [4.69, 9.17) is 5.73 Å². The van der Waals surface area contributed by atoms with Crippen LogP contribution in [0.5, 0.6) is 0 Å². The average Bonchev–Trinajstić information content (AvgIpc) is 2.81. The van der Waals surface area contributed by atoms with Crippen molar-refractivity contribution >= 4 is 5.69 Å². The monoisotopic (exact) mass is 265 g/mol. The number of hydrogen-bond donors (Lipinski definition) is 1. The number of rotatable bonds is 2. The molecular formula is C15H15N5. The van der Waals surface area contributed by atoms with Crippen LogP contribution >= 0.6 is 0 Å². The summed E-state index contributed by atoms with van der Waals surface area (Å²) in [4.78, 5) is 8.79. The van der Waals surface area contributed by atoms with Gasteiger partial charge in [0.15, 0.2) is 5.82 Å². The van der Waals surface area contributed by atoms with Gasteiger partial charge in [-0.3, -0.25) is 4.98 Å². The van der Waals surface area contributed by atoms with E-state index in [0.29, 0.717) is 23.0 Å². The maximum atomic E-state index is 5.82. The third-order valence-corrected chi connectivity index (χ3v) is 2.97. The van der Waals surface area contributed by atoms with Gasteiger partial charge in [0.25, 0.3) is 0 Å². The third kappa shape index (κ3) is 2.25. The van der Waals surface area contributed by atoms with Crippen molar-refractivity contribution in [3.05, 3.63) is 54.0 Å². The number of benzene rings is 1. The van der Waals surface area contributed by atoms with Crippen LogP contribution in [0.4, 0.5) is 5.69 Å². The predicted molar refractivity (Wildman–Crippen MR) is 78.5 cm³/mol. The van der Waals surface area contributed by atoms with Gasteiger partial charge in [0, 0.05) is 11.9 Å². The van der Waals surface area contributed by atoms with Gasteiger partial charge < -0.3 is 5.73 Å². The standard InChI is InChI=1S/C15H15N5/c1-10-4-3-5-13(8-10)20-15(18-11(2)19-20)14-9-12(16)6-7-17-14/h3-9H,1-2H3,(H2,16,17). The highest BCUT2D eigenvalue weighted by Crippen LogP contribution is 2.21. The highest BCUT2D eigenvalue weighted by atomic mass is 15.4. The highest BCUT2D eigenvalue weighted by molar-refractivity contribution is 5.58. The zero-order valence-corrected chi connectivity index (χ0v) is 11.4. The molecule has 0 unspecified atom stereocenters. The number of nitrogen functional groups attached to an aromatic ring is 1. The molecule has 0 saturated carbocycles. The normalized spacial score (nSPS) is 10.7. The summed E-state index contributed by atoms with van der Waals surface area (Å²) >= 11 is 0. The van der Waals surface area contributed by atoms with Crippen LogP contribution in [-0.2, 0) is 0 Å². The first-order chi connectivity index (χ1) is 9.63. The molecule has 1 aromatic carbocycles. The van der Waals surface area contributed by atoms with E-state index >= 15 is 0 Å². The molecule has 0 fully saturated rings. The van der Waals surface area contributed by atoms with Gasteiger partial charge in [-0.2, -0.15) is 5.10 Å². The molecule has 0 radical (unpaired) electrons. The summed E-state index contributed by atoms with van der Waals surface area (Å²) in [6.45, 7) is 3.91. The molecule has 0 saturated heterocycles. The van der Waals surface area contributed by atoms with Crippen LogP contribution in [0.3, 0.4) is 0 Å². The van der Waals surface area contributed by atoms with Crippen molar-refractivity contribution in [3.63, 3.8) is 0 Å². The zero-order chi connectivity index (χ0) is 14.1. The fourth-order valence-corrected chi connectivity index (χ4v) is 2.09. The average molecular weight is 265 g/mol. The van der Waals surface area contributed by atoms with Gasteiger partial charge in [0.1, 0.15) is 11.5 Å². The zero-order valence-electron chi connectivity index (χ0n) is 11.4. The molecule has 0 spiro atoms. The molecule has 0 bridgehead atoms. The second-order valence-corrected chi connectivity index (χ2v) is 4.71. The van der Waals surface area contributed by atoms with Crippen LogP contribution in [0.2, 0.25) is 0 Å². The minimum atomic E-state index is 0.659. The van der Waals surface area contributed by atoms with Crippen LogP contribution in [-0.4, -0.2) is 19.7 Å². The molecule has 5 nitrogen and oxygen atoms in total. The molecule has 0 atom stereocenters. The van der Waals surface area contributed by atoms with Gasteiger partial charge in [-0.25, -0.2) is 9.67 Å². The quantitative estimate of drug-likeness (QED) is 0.773. The molecule has 3 aromatic rings. The van der Waals surface area contributed by atoms with Crippen molar-refractivity contribution in [2.45, 2.75) is 13.8 Å². The molecule has 0 aliphatic heterocycles. The van der Waals surface area contributed by atoms with Gasteiger partial charge in [0.2, 0.25) is 0 Å². The molecule has 20 heavy (non-hydrogen) atoms. The Morgan fingerprint density at radius 1 is 1.10 bits per heavy atom. The topological polar surface area (TPSA) is 69.6 Å². The Morgan fingerprint density at radius 2 is 1.95 bits per heavy atom. The van der Waals surface area contributed by atoms with E-state index in [1.54, 1.807) is 23.0 Å². The fraction of sp³-hybridized carbons (Fsp3) is 0.133. The van der Waals surface area contributed by atoms with Crippen molar-refractivity contribution < 1.29 is 0 Å². The molecule has 3 rings (SSSR count). The summed E-state index contributed by atoms with van der Waals surface area (Å²) in [7, 11) is 0. The van der Waals surface area contributed by atoms with Gasteiger partial charge in [-0.05, 0) is 43.7 Å². The van der Waals surface area contributed by atoms with Crippen molar-refractivity contribution in [1.82, 2.24) is 19.7 Å². The maximum Gasteiger partial charge on any atom is 0.181 e. The molecule has 0 aliphatic carbocycles. The SMILES string of the molecule is Cc1cccc(-n2nc(C)nc2-c2cc(N)ccn2)c1. The summed E-state index contributed by atoms with van der Waals surface area (Å²) in [5.41, 5.74) is 9.32. The summed E-state index contributed by atoms with van der Waals surface area (Å²) in [5, 5.41) is 4.45. The van der Waals surface area contributed by atoms with E-state index in [9.17, 15) is 0 Å². The number of aryl methyl sites for hydroxylation is 2. The van der Waals surface area contributed by atoms with E-state index in [0.717, 1.165) is 5.69 Å². The molecule has 2 aromatic heterocycles. The van der Waals surface area contributed by atoms with Crippen molar-refractivity contribution in [1.29, 1.82) is 0 Å². The van der Waals surface area contributed by atoms with E-state index < -0.39 is 0 Å². The first-order valence-electron chi connectivity index (χ1n) is 6.36. The first-order valence-corrected chi connectivity index (χ1v) is 6.36. The lowest BCUT2D eigenvalue weighted by atomic mass is 10.2. The molecule has 0 amide bonds. The van der Waals surface area contributed by atoms with Crippen LogP contribution in [0.25, 0.3) is 17.2 Å². The smallest absolute Gasteiger partial charge is 0.181 e. The Kier molecular flexibility index (Phi) is 2.95. The van der Waals surface area contributed by atoms with Crippen molar-refractivity contribution in [2.24, 2.45) is 0 Å². The summed E-state index contributed by atoms with van der Waals surface area (Å²) in [6, 6.07) is 11.7. The number of aromatic nitrogens is 4. The number of hydrogen-bond acceptors (Lipinski definition) is 4. The number of pyridine rings is 1. The summed E-state index contributed by atoms with van der Waals surface area (Å²) in [6.07, 6.45) is 1.68. The van der Waals surface area contributed by atoms with Crippen LogP contribution in [0.15, 0.2) is 42.6 Å². The van der Waals surface area contributed by atoms with Crippen molar-refractivity contribution in [3.8, 4) is 17.2 Å². The predicted octanol–water partition coefficient (Wildman–Crippen LogP) is 2.53. The fourth-order valence-electron chi connectivity index (χ4n) is 2.09. The minimum Gasteiger partial charge on any atom is -0.399 e. The Bertz CT molecular complexity index is 697. The molecule has 0 aliphatic rings. The van der Waals surface area contributed by atoms with Crippen molar-refractivity contribution in [2.75, 3.05) is 5.73 Å². The van der Waals surface area contributed by atoms with Crippen LogP contribution < -0.4 is 5.73 Å². The van der Waals surface area contributed by atoms with Gasteiger partial charge in [0.05, 0.1) is 5.69 Å². The number of nitrogens with zero attached hydrogens (tertiary/aromatic N) is 4. The highest BCUT2D eigenvalue weighted by Gasteiger charge is 2.13. The van der Waals surface area contributed by atoms with Gasteiger partial charge in [-0.1, -0.05) is 12.1 Å². The largest absolute Gasteiger partial charge is 0.399 e. The van der Waals surface area contributed by atoms with E-state index in [-0.39, 0.29) is 0 Å². The third-order valence-electron chi connectivity index (χ3n) is 2.97. The number of anilines is 1. The second kappa shape index (κ2) is 4.77. The van der Waals surface area contributed by atoms with Gasteiger partial charge >= 0.3 is 0 Å². The number of nitrogens with two attached hydrogens (primary N) is 1. The Balaban J connectivity index is 2.18. The van der Waals surface area contributed by atoms with E-state index in [1.807, 2.05) is 32.0 Å². The lowest BCUT2D eigenvalue weighted by Crippen LogP contribution is -2.01. The minimum absolute atomic E-state index is 0.659. The Hall–Kier alpha value is -2.69. The van der Waals surface area contributed by atoms with E-state index in [2.05, 4.69) is 21.1 Å². The summed E-state index contributed by atoms with van der Waals surface area (Å²) in [5.74, 6) is 1.39. The van der Waals surface area contributed by atoms with E-state index in [1.165, 1.54) is 5.56 Å². The molecular weight excluding hydrogens is 250 g/mol. The van der Waals surface area contributed by atoms with Crippen LogP contribution in [0.1, 0.15) is 11.4 Å². The molecule has 2 N–H and O–H groups in total. The Morgan fingerprint density at radius 3 is 2.70 bits per heavy atom.